The summed E-state index contributed by atoms with van der Waals surface area (Å²) in [5.74, 6) is 0.251. The van der Waals surface area contributed by atoms with Gasteiger partial charge in [0.25, 0.3) is 0 Å². The number of aliphatic hydroxyl groups excluding tert-OH is 2. The van der Waals surface area contributed by atoms with Crippen LogP contribution in [0.25, 0.3) is 0 Å². The van der Waals surface area contributed by atoms with E-state index in [9.17, 15) is 10.2 Å². The van der Waals surface area contributed by atoms with E-state index in [0.717, 1.165) is 0 Å². The topological polar surface area (TPSA) is 68.2 Å². The highest BCUT2D eigenvalue weighted by Crippen LogP contribution is 2.21. The van der Waals surface area contributed by atoms with Gasteiger partial charge in [0.1, 0.15) is 6.79 Å². The molecular weight excluding hydrogens is 212 g/mol. The summed E-state index contributed by atoms with van der Waals surface area (Å²) < 4.78 is 15.8. The molecule has 1 heterocycles. The van der Waals surface area contributed by atoms with Crippen molar-refractivity contribution in [2.75, 3.05) is 46.4 Å². The van der Waals surface area contributed by atoms with Crippen molar-refractivity contribution in [1.29, 1.82) is 0 Å². The molecular formula is C11H22O5. The first kappa shape index (κ1) is 13.9. The molecule has 1 fully saturated rings. The molecule has 0 aromatic heterocycles. The minimum absolute atomic E-state index is 0.0579. The zero-order chi connectivity index (χ0) is 11.9. The molecule has 5 nitrogen and oxygen atoms in total. The number of hydrogen-bond acceptors (Lipinski definition) is 5. The van der Waals surface area contributed by atoms with Gasteiger partial charge in [-0.2, -0.15) is 0 Å². The molecule has 1 aliphatic heterocycles. The Labute approximate surface area is 96.3 Å². The molecule has 0 atom stereocenters. The minimum Gasteiger partial charge on any atom is -0.396 e. The van der Waals surface area contributed by atoms with Crippen molar-refractivity contribution in [3.8, 4) is 0 Å². The average molecular weight is 234 g/mol. The van der Waals surface area contributed by atoms with E-state index in [1.54, 1.807) is 0 Å². The third-order valence-corrected chi connectivity index (χ3v) is 3.06. The van der Waals surface area contributed by atoms with E-state index in [0.29, 0.717) is 39.6 Å². The molecule has 0 aromatic carbocycles. The number of ether oxygens (including phenoxy) is 3. The molecule has 0 saturated carbocycles. The van der Waals surface area contributed by atoms with Crippen LogP contribution in [-0.2, 0) is 14.2 Å². The second kappa shape index (κ2) is 7.19. The van der Waals surface area contributed by atoms with E-state index in [-0.39, 0.29) is 19.1 Å². The van der Waals surface area contributed by atoms with Crippen LogP contribution in [0.2, 0.25) is 0 Å². The third kappa shape index (κ3) is 3.99. The minimum atomic E-state index is -0.517. The Morgan fingerprint density at radius 2 is 1.88 bits per heavy atom. The Bertz CT molecular complexity index is 167. The molecule has 0 unspecified atom stereocenters. The molecule has 0 amide bonds. The van der Waals surface area contributed by atoms with E-state index in [1.165, 1.54) is 0 Å². The molecule has 5 heteroatoms. The highest BCUT2D eigenvalue weighted by molar-refractivity contribution is 4.76. The maximum absolute atomic E-state index is 9.22. The van der Waals surface area contributed by atoms with Crippen molar-refractivity contribution in [2.45, 2.75) is 13.3 Å². The summed E-state index contributed by atoms with van der Waals surface area (Å²) in [6.07, 6.45) is 0.692. The van der Waals surface area contributed by atoms with Gasteiger partial charge in [-0.15, -0.1) is 0 Å². The summed E-state index contributed by atoms with van der Waals surface area (Å²) in [5, 5.41) is 18.4. The lowest BCUT2D eigenvalue weighted by atomic mass is 9.88. The Morgan fingerprint density at radius 1 is 1.25 bits per heavy atom. The highest BCUT2D eigenvalue weighted by atomic mass is 16.7. The fourth-order valence-electron chi connectivity index (χ4n) is 1.54. The third-order valence-electron chi connectivity index (χ3n) is 3.06. The van der Waals surface area contributed by atoms with Crippen LogP contribution in [0.15, 0.2) is 0 Å². The number of rotatable bonds is 7. The Balaban J connectivity index is 2.21. The predicted molar refractivity (Wildman–Crippen MR) is 58.0 cm³/mol. The molecule has 1 rings (SSSR count). The first-order chi connectivity index (χ1) is 7.76. The van der Waals surface area contributed by atoms with Crippen molar-refractivity contribution in [2.24, 2.45) is 11.3 Å². The Morgan fingerprint density at radius 3 is 2.38 bits per heavy atom. The van der Waals surface area contributed by atoms with Gasteiger partial charge in [0, 0.05) is 11.3 Å². The van der Waals surface area contributed by atoms with Crippen molar-refractivity contribution in [3.63, 3.8) is 0 Å². The highest BCUT2D eigenvalue weighted by Gasteiger charge is 2.27. The second-order valence-electron chi connectivity index (χ2n) is 4.41. The van der Waals surface area contributed by atoms with Crippen LogP contribution in [0, 0.1) is 11.3 Å². The Kier molecular flexibility index (Phi) is 6.23. The van der Waals surface area contributed by atoms with E-state index >= 15 is 0 Å². The summed E-state index contributed by atoms with van der Waals surface area (Å²) in [4.78, 5) is 0. The lowest BCUT2D eigenvalue weighted by Crippen LogP contribution is -2.36. The van der Waals surface area contributed by atoms with Gasteiger partial charge >= 0.3 is 0 Å². The standard InChI is InChI=1S/C11H22O5/c1-2-11(6-12,7-13)8-14-3-10-4-15-9-16-5-10/h10,12-13H,2-9H2,1H3. The first-order valence-electron chi connectivity index (χ1n) is 5.71. The molecule has 1 saturated heterocycles. The molecule has 0 bridgehead atoms. The second-order valence-corrected chi connectivity index (χ2v) is 4.41. The van der Waals surface area contributed by atoms with Crippen molar-refractivity contribution in [3.05, 3.63) is 0 Å². The van der Waals surface area contributed by atoms with Crippen LogP contribution in [0.1, 0.15) is 13.3 Å². The predicted octanol–water partition coefficient (Wildman–Crippen LogP) is 0.00450. The molecule has 0 radical (unpaired) electrons. The largest absolute Gasteiger partial charge is 0.396 e. The zero-order valence-corrected chi connectivity index (χ0v) is 9.85. The summed E-state index contributed by atoms with van der Waals surface area (Å²) in [7, 11) is 0. The van der Waals surface area contributed by atoms with Gasteiger partial charge in [0.15, 0.2) is 0 Å². The SMILES string of the molecule is CCC(CO)(CO)COCC1COCOC1. The maximum Gasteiger partial charge on any atom is 0.146 e. The summed E-state index contributed by atoms with van der Waals surface area (Å²) in [6, 6.07) is 0. The van der Waals surface area contributed by atoms with Gasteiger partial charge in [-0.25, -0.2) is 0 Å². The molecule has 0 aliphatic carbocycles. The normalized spacial score (nSPS) is 18.9. The van der Waals surface area contributed by atoms with E-state index in [1.807, 2.05) is 6.92 Å². The van der Waals surface area contributed by atoms with Crippen LogP contribution < -0.4 is 0 Å². The van der Waals surface area contributed by atoms with Crippen LogP contribution in [0.5, 0.6) is 0 Å². The van der Waals surface area contributed by atoms with E-state index in [2.05, 4.69) is 0 Å². The van der Waals surface area contributed by atoms with Gasteiger partial charge in [-0.1, -0.05) is 6.92 Å². The summed E-state index contributed by atoms with van der Waals surface area (Å²) in [5.41, 5.74) is -0.517. The fourth-order valence-corrected chi connectivity index (χ4v) is 1.54. The van der Waals surface area contributed by atoms with E-state index in [4.69, 9.17) is 14.2 Å². The van der Waals surface area contributed by atoms with Gasteiger partial charge in [0.05, 0.1) is 39.6 Å². The monoisotopic (exact) mass is 234 g/mol. The molecule has 96 valence electrons. The van der Waals surface area contributed by atoms with Crippen LogP contribution >= 0.6 is 0 Å². The summed E-state index contributed by atoms with van der Waals surface area (Å²) >= 11 is 0. The molecule has 0 spiro atoms. The first-order valence-corrected chi connectivity index (χ1v) is 5.71. The quantitative estimate of drug-likeness (QED) is 0.649. The molecule has 0 aromatic rings. The Hall–Kier alpha value is -0.200. The van der Waals surface area contributed by atoms with Crippen LogP contribution in [-0.4, -0.2) is 56.6 Å². The van der Waals surface area contributed by atoms with E-state index < -0.39 is 5.41 Å². The zero-order valence-electron chi connectivity index (χ0n) is 9.85. The molecule has 2 N–H and O–H groups in total. The van der Waals surface area contributed by atoms with Crippen molar-refractivity contribution >= 4 is 0 Å². The van der Waals surface area contributed by atoms with Crippen LogP contribution in [0.4, 0.5) is 0 Å². The molecule has 1 aliphatic rings. The number of hydrogen-bond donors (Lipinski definition) is 2. The lowest BCUT2D eigenvalue weighted by molar-refractivity contribution is -0.144. The maximum atomic E-state index is 9.22. The average Bonchev–Trinajstić information content (AvgIpc) is 2.37. The van der Waals surface area contributed by atoms with Gasteiger partial charge in [-0.05, 0) is 6.42 Å². The fraction of sp³-hybridized carbons (Fsp3) is 1.00. The summed E-state index contributed by atoms with van der Waals surface area (Å²) in [6.45, 7) is 4.39. The van der Waals surface area contributed by atoms with Crippen LogP contribution in [0.3, 0.4) is 0 Å². The van der Waals surface area contributed by atoms with Gasteiger partial charge in [-0.3, -0.25) is 0 Å². The molecule has 16 heavy (non-hydrogen) atoms. The van der Waals surface area contributed by atoms with Gasteiger partial charge in [0.2, 0.25) is 0 Å². The smallest absolute Gasteiger partial charge is 0.146 e. The van der Waals surface area contributed by atoms with Crippen molar-refractivity contribution in [1.82, 2.24) is 0 Å². The van der Waals surface area contributed by atoms with Gasteiger partial charge < -0.3 is 24.4 Å². The number of aliphatic hydroxyl groups is 2. The van der Waals surface area contributed by atoms with Crippen molar-refractivity contribution < 1.29 is 24.4 Å². The lowest BCUT2D eigenvalue weighted by Gasteiger charge is -2.29.